The van der Waals surface area contributed by atoms with E-state index in [1.54, 1.807) is 7.11 Å². The van der Waals surface area contributed by atoms with Crippen LogP contribution >= 0.6 is 0 Å². The number of hydrogen-bond acceptors (Lipinski definition) is 6. The molecule has 4 N–H and O–H groups in total. The fourth-order valence-electron chi connectivity index (χ4n) is 1.90. The van der Waals surface area contributed by atoms with Crippen LogP contribution < -0.4 is 26.0 Å². The molecule has 0 radical (unpaired) electrons. The largest absolute Gasteiger partial charge is 0.497 e. The molecule has 1 aliphatic heterocycles. The number of nitrogens with two attached hydrogens (primary N) is 1. The molecule has 0 aromatic heterocycles. The molecule has 0 bridgehead atoms. The summed E-state index contributed by atoms with van der Waals surface area (Å²) in [7, 11) is 13.4. The van der Waals surface area contributed by atoms with E-state index in [4.69, 9.17) is 10.5 Å². The lowest BCUT2D eigenvalue weighted by Crippen LogP contribution is -2.57. The number of likely N-dealkylation sites (N-methyl/N-ethyl adjacent to an activating group) is 1. The molecule has 1 saturated heterocycles. The maximum absolute atomic E-state index is 5.97. The maximum Gasteiger partial charge on any atom is 0.121 e. The van der Waals surface area contributed by atoms with Gasteiger partial charge in [-0.3, -0.25) is 0 Å². The molecule has 6 nitrogen and oxygen atoms in total. The molecule has 1 aromatic rings. The van der Waals surface area contributed by atoms with Crippen molar-refractivity contribution >= 4 is 11.4 Å². The molecule has 1 aliphatic rings. The Bertz CT molecular complexity index is 404. The van der Waals surface area contributed by atoms with Crippen LogP contribution in [0, 0.1) is 0 Å². The third-order valence-corrected chi connectivity index (χ3v) is 3.17. The average Bonchev–Trinajstić information content (AvgIpc) is 2.40. The smallest absolute Gasteiger partial charge is 0.121 e. The van der Waals surface area contributed by atoms with Crippen molar-refractivity contribution in [2.24, 2.45) is 0 Å². The van der Waals surface area contributed by atoms with Gasteiger partial charge in [0.25, 0.3) is 0 Å². The molecule has 0 atom stereocenters. The van der Waals surface area contributed by atoms with Gasteiger partial charge in [0.05, 0.1) is 18.5 Å². The monoisotopic (exact) mass is 311 g/mol. The Labute approximate surface area is 135 Å². The summed E-state index contributed by atoms with van der Waals surface area (Å²) >= 11 is 0. The van der Waals surface area contributed by atoms with E-state index in [9.17, 15) is 0 Å². The molecule has 1 aromatic carbocycles. The Balaban J connectivity index is 0.000000639. The second-order valence-corrected chi connectivity index (χ2v) is 5.45. The first-order valence-electron chi connectivity index (χ1n) is 7.46. The highest BCUT2D eigenvalue weighted by Crippen LogP contribution is 2.31. The van der Waals surface area contributed by atoms with Crippen LogP contribution in [0.3, 0.4) is 0 Å². The van der Waals surface area contributed by atoms with E-state index in [1.807, 2.05) is 46.4 Å². The van der Waals surface area contributed by atoms with Gasteiger partial charge < -0.3 is 30.9 Å². The van der Waals surface area contributed by atoms with E-state index < -0.39 is 0 Å². The van der Waals surface area contributed by atoms with Crippen LogP contribution in [0.4, 0.5) is 11.4 Å². The fourth-order valence-corrected chi connectivity index (χ4v) is 1.90. The molecular weight excluding hydrogens is 278 g/mol. The summed E-state index contributed by atoms with van der Waals surface area (Å²) < 4.78 is 5.21. The molecule has 0 spiro atoms. The summed E-state index contributed by atoms with van der Waals surface area (Å²) in [5, 5.41) is 5.50. The zero-order chi connectivity index (χ0) is 17.1. The zero-order valence-corrected chi connectivity index (χ0v) is 15.1. The molecule has 6 heteroatoms. The van der Waals surface area contributed by atoms with Crippen LogP contribution in [-0.4, -0.2) is 73.4 Å². The average molecular weight is 311 g/mol. The maximum atomic E-state index is 5.97. The van der Waals surface area contributed by atoms with Crippen LogP contribution in [0.15, 0.2) is 18.2 Å². The van der Waals surface area contributed by atoms with E-state index in [0.29, 0.717) is 6.04 Å². The number of nitrogens with one attached hydrogen (secondary N) is 2. The molecule has 22 heavy (non-hydrogen) atoms. The fraction of sp³-hybridized carbons (Fsp3) is 0.625. The second-order valence-electron chi connectivity index (χ2n) is 5.45. The number of nitrogen functional groups attached to an aromatic ring is 1. The first kappa shape index (κ1) is 20.5. The highest BCUT2D eigenvalue weighted by Gasteiger charge is 2.29. The number of rotatable bonds is 3. The van der Waals surface area contributed by atoms with Gasteiger partial charge in [0.15, 0.2) is 0 Å². The third kappa shape index (κ3) is 6.51. The van der Waals surface area contributed by atoms with Crippen molar-refractivity contribution in [2.45, 2.75) is 6.04 Å². The first-order chi connectivity index (χ1) is 10.4. The van der Waals surface area contributed by atoms with Gasteiger partial charge in [-0.05, 0) is 54.4 Å². The number of hydrogen-bond donors (Lipinski definition) is 3. The second kappa shape index (κ2) is 11.1. The van der Waals surface area contributed by atoms with E-state index in [2.05, 4.69) is 34.5 Å². The van der Waals surface area contributed by atoms with Gasteiger partial charge in [-0.25, -0.2) is 0 Å². The Morgan fingerprint density at radius 2 is 1.64 bits per heavy atom. The Morgan fingerprint density at radius 3 is 2.05 bits per heavy atom. The minimum Gasteiger partial charge on any atom is -0.497 e. The standard InChI is InChI=1S/C12H19N3O.2C2H7N/c1-14(2)9-7-15(8-9)12-6-10(16-3)4-5-11(12)13;2*1-3-2/h4-6,9H,7-8,13H2,1-3H3;2*3H,1-2H3. The SMILES string of the molecule is CNC.CNC.COc1ccc(N)c(N2CC(N(C)C)C2)c1. The predicted octanol–water partition coefficient (Wildman–Crippen LogP) is 0.699. The van der Waals surface area contributed by atoms with Gasteiger partial charge in [0, 0.05) is 25.2 Å². The number of anilines is 2. The van der Waals surface area contributed by atoms with Crippen LogP contribution in [-0.2, 0) is 0 Å². The Morgan fingerprint density at radius 1 is 1.14 bits per heavy atom. The van der Waals surface area contributed by atoms with E-state index in [1.165, 1.54) is 0 Å². The molecule has 1 heterocycles. The zero-order valence-electron chi connectivity index (χ0n) is 15.1. The lowest BCUT2D eigenvalue weighted by atomic mass is 10.1. The van der Waals surface area contributed by atoms with E-state index in [-0.39, 0.29) is 0 Å². The van der Waals surface area contributed by atoms with Gasteiger partial charge in [0.2, 0.25) is 0 Å². The van der Waals surface area contributed by atoms with Gasteiger partial charge in [-0.1, -0.05) is 0 Å². The van der Waals surface area contributed by atoms with E-state index in [0.717, 1.165) is 30.2 Å². The minimum atomic E-state index is 0.630. The van der Waals surface area contributed by atoms with Gasteiger partial charge >= 0.3 is 0 Å². The summed E-state index contributed by atoms with van der Waals surface area (Å²) in [6.45, 7) is 2.06. The quantitative estimate of drug-likeness (QED) is 0.714. The molecule has 128 valence electrons. The van der Waals surface area contributed by atoms with Crippen molar-refractivity contribution in [1.82, 2.24) is 15.5 Å². The van der Waals surface area contributed by atoms with Crippen molar-refractivity contribution in [3.8, 4) is 5.75 Å². The number of methoxy groups -OCH3 is 1. The van der Waals surface area contributed by atoms with Gasteiger partial charge in [-0.2, -0.15) is 0 Å². The number of benzene rings is 1. The van der Waals surface area contributed by atoms with Gasteiger partial charge in [-0.15, -0.1) is 0 Å². The van der Waals surface area contributed by atoms with Crippen LogP contribution in [0.2, 0.25) is 0 Å². The summed E-state index contributed by atoms with van der Waals surface area (Å²) in [5.41, 5.74) is 7.86. The summed E-state index contributed by atoms with van der Waals surface area (Å²) in [5.74, 6) is 0.859. The molecular formula is C16H33N5O. The topological polar surface area (TPSA) is 65.8 Å². The molecule has 0 saturated carbocycles. The normalized spacial score (nSPS) is 13.5. The van der Waals surface area contributed by atoms with Crippen molar-refractivity contribution in [1.29, 1.82) is 0 Å². The number of ether oxygens (including phenoxy) is 1. The molecule has 0 amide bonds. The summed E-state index contributed by atoms with van der Waals surface area (Å²) in [4.78, 5) is 4.52. The third-order valence-electron chi connectivity index (χ3n) is 3.17. The highest BCUT2D eigenvalue weighted by molar-refractivity contribution is 5.70. The highest BCUT2D eigenvalue weighted by atomic mass is 16.5. The van der Waals surface area contributed by atoms with Crippen molar-refractivity contribution in [3.63, 3.8) is 0 Å². The lowest BCUT2D eigenvalue weighted by molar-refractivity contribution is 0.247. The summed E-state index contributed by atoms with van der Waals surface area (Å²) in [6, 6.07) is 6.42. The molecule has 2 rings (SSSR count). The van der Waals surface area contributed by atoms with Crippen LogP contribution in [0.25, 0.3) is 0 Å². The van der Waals surface area contributed by atoms with Crippen molar-refractivity contribution in [3.05, 3.63) is 18.2 Å². The molecule has 0 aliphatic carbocycles. The summed E-state index contributed by atoms with van der Waals surface area (Å²) in [6.07, 6.45) is 0. The van der Waals surface area contributed by atoms with Crippen LogP contribution in [0.5, 0.6) is 5.75 Å². The van der Waals surface area contributed by atoms with E-state index >= 15 is 0 Å². The van der Waals surface area contributed by atoms with Crippen LogP contribution in [0.1, 0.15) is 0 Å². The molecule has 0 unspecified atom stereocenters. The molecule has 1 fully saturated rings. The first-order valence-corrected chi connectivity index (χ1v) is 7.46. The Hall–Kier alpha value is -1.50. The number of nitrogens with zero attached hydrogens (tertiary/aromatic N) is 2. The lowest BCUT2D eigenvalue weighted by Gasteiger charge is -2.44. The van der Waals surface area contributed by atoms with Gasteiger partial charge in [0.1, 0.15) is 5.75 Å². The predicted molar refractivity (Wildman–Crippen MR) is 97.1 cm³/mol. The Kier molecular flexibility index (Phi) is 10.4. The minimum absolute atomic E-state index is 0.630. The van der Waals surface area contributed by atoms with Crippen molar-refractivity contribution in [2.75, 3.05) is 73.1 Å². The van der Waals surface area contributed by atoms with Crippen molar-refractivity contribution < 1.29 is 4.74 Å².